The summed E-state index contributed by atoms with van der Waals surface area (Å²) in [5, 5.41) is 13.8. The fourth-order valence-corrected chi connectivity index (χ4v) is 1.40. The molecule has 1 atom stereocenters. The number of benzene rings is 1. The summed E-state index contributed by atoms with van der Waals surface area (Å²) in [5.74, 6) is 0. The molecule has 1 rings (SSSR count). The molecular formula is C11H16N2O3. The van der Waals surface area contributed by atoms with Crippen LogP contribution >= 0.6 is 0 Å². The predicted molar refractivity (Wildman–Crippen MR) is 61.4 cm³/mol. The zero-order valence-electron chi connectivity index (χ0n) is 9.47. The molecule has 16 heavy (non-hydrogen) atoms. The maximum Gasteiger partial charge on any atom is 0.269 e. The number of nitro groups is 1. The van der Waals surface area contributed by atoms with E-state index in [1.165, 1.54) is 6.07 Å². The van der Waals surface area contributed by atoms with Gasteiger partial charge in [-0.2, -0.15) is 0 Å². The van der Waals surface area contributed by atoms with E-state index in [2.05, 4.69) is 5.32 Å². The minimum Gasteiger partial charge on any atom is -0.383 e. The molecule has 0 fully saturated rings. The summed E-state index contributed by atoms with van der Waals surface area (Å²) in [6.45, 7) is 3.31. The van der Waals surface area contributed by atoms with Gasteiger partial charge in [0.05, 0.1) is 11.5 Å². The molecule has 0 spiro atoms. The van der Waals surface area contributed by atoms with Gasteiger partial charge >= 0.3 is 0 Å². The zero-order chi connectivity index (χ0) is 12.0. The molecule has 88 valence electrons. The molecule has 1 N–H and O–H groups in total. The van der Waals surface area contributed by atoms with Crippen molar-refractivity contribution in [2.24, 2.45) is 0 Å². The molecule has 0 bridgehead atoms. The maximum atomic E-state index is 10.6. The van der Waals surface area contributed by atoms with Crippen LogP contribution in [0.25, 0.3) is 0 Å². The van der Waals surface area contributed by atoms with E-state index in [0.29, 0.717) is 6.61 Å². The Labute approximate surface area is 94.6 Å². The van der Waals surface area contributed by atoms with Gasteiger partial charge in [-0.3, -0.25) is 10.1 Å². The summed E-state index contributed by atoms with van der Waals surface area (Å²) < 4.78 is 4.92. The van der Waals surface area contributed by atoms with Gasteiger partial charge in [-0.05, 0) is 12.5 Å². The summed E-state index contributed by atoms with van der Waals surface area (Å²) in [4.78, 5) is 10.2. The van der Waals surface area contributed by atoms with Crippen molar-refractivity contribution in [2.75, 3.05) is 20.3 Å². The fraction of sp³-hybridized carbons (Fsp3) is 0.455. The van der Waals surface area contributed by atoms with Crippen LogP contribution in [0.2, 0.25) is 0 Å². The molecule has 1 unspecified atom stereocenters. The summed E-state index contributed by atoms with van der Waals surface area (Å²) >= 11 is 0. The molecule has 5 heteroatoms. The van der Waals surface area contributed by atoms with E-state index in [0.717, 1.165) is 12.1 Å². The van der Waals surface area contributed by atoms with Gasteiger partial charge in [-0.1, -0.05) is 12.1 Å². The van der Waals surface area contributed by atoms with Crippen molar-refractivity contribution in [1.82, 2.24) is 5.32 Å². The predicted octanol–water partition coefficient (Wildman–Crippen LogP) is 1.89. The number of hydrogen-bond donors (Lipinski definition) is 1. The van der Waals surface area contributed by atoms with Crippen LogP contribution in [-0.4, -0.2) is 25.2 Å². The Morgan fingerprint density at radius 1 is 1.56 bits per heavy atom. The van der Waals surface area contributed by atoms with Crippen LogP contribution in [0, 0.1) is 10.1 Å². The molecule has 0 aromatic heterocycles. The Bertz CT molecular complexity index is 355. The second-order valence-electron chi connectivity index (χ2n) is 3.52. The number of ether oxygens (including phenoxy) is 1. The van der Waals surface area contributed by atoms with Gasteiger partial charge in [0.15, 0.2) is 0 Å². The van der Waals surface area contributed by atoms with Gasteiger partial charge in [-0.25, -0.2) is 0 Å². The molecule has 0 heterocycles. The van der Waals surface area contributed by atoms with Crippen molar-refractivity contribution in [2.45, 2.75) is 13.0 Å². The first kappa shape index (κ1) is 12.6. The maximum absolute atomic E-state index is 10.6. The number of non-ortho nitro benzene ring substituents is 1. The van der Waals surface area contributed by atoms with Crippen molar-refractivity contribution in [3.63, 3.8) is 0 Å². The lowest BCUT2D eigenvalue weighted by molar-refractivity contribution is -0.384. The van der Waals surface area contributed by atoms with Crippen molar-refractivity contribution >= 4 is 5.69 Å². The van der Waals surface area contributed by atoms with Crippen LogP contribution in [0.5, 0.6) is 0 Å². The van der Waals surface area contributed by atoms with E-state index in [-0.39, 0.29) is 16.7 Å². The molecule has 5 nitrogen and oxygen atoms in total. The van der Waals surface area contributed by atoms with E-state index in [4.69, 9.17) is 4.74 Å². The van der Waals surface area contributed by atoms with E-state index >= 15 is 0 Å². The van der Waals surface area contributed by atoms with Gasteiger partial charge in [0.25, 0.3) is 5.69 Å². The lowest BCUT2D eigenvalue weighted by Crippen LogP contribution is -2.22. The second kappa shape index (κ2) is 6.19. The van der Waals surface area contributed by atoms with Crippen LogP contribution in [0.3, 0.4) is 0 Å². The van der Waals surface area contributed by atoms with Crippen LogP contribution in [0.15, 0.2) is 24.3 Å². The van der Waals surface area contributed by atoms with Gasteiger partial charge in [0.2, 0.25) is 0 Å². The second-order valence-corrected chi connectivity index (χ2v) is 3.52. The number of nitrogens with one attached hydrogen (secondary N) is 1. The van der Waals surface area contributed by atoms with E-state index < -0.39 is 0 Å². The van der Waals surface area contributed by atoms with Crippen LogP contribution in [0.4, 0.5) is 5.69 Å². The van der Waals surface area contributed by atoms with Crippen LogP contribution < -0.4 is 5.32 Å². The molecule has 1 aromatic carbocycles. The van der Waals surface area contributed by atoms with Crippen LogP contribution in [0.1, 0.15) is 18.5 Å². The quantitative estimate of drug-likeness (QED) is 0.455. The molecule has 0 amide bonds. The van der Waals surface area contributed by atoms with Gasteiger partial charge in [0, 0.05) is 31.8 Å². The highest BCUT2D eigenvalue weighted by Gasteiger charge is 2.09. The van der Waals surface area contributed by atoms with Crippen molar-refractivity contribution in [3.05, 3.63) is 39.9 Å². The zero-order valence-corrected chi connectivity index (χ0v) is 9.47. The summed E-state index contributed by atoms with van der Waals surface area (Å²) in [7, 11) is 1.64. The van der Waals surface area contributed by atoms with Gasteiger partial charge < -0.3 is 10.1 Å². The Balaban J connectivity index is 2.64. The summed E-state index contributed by atoms with van der Waals surface area (Å²) in [5.41, 5.74) is 1.03. The Morgan fingerprint density at radius 2 is 2.31 bits per heavy atom. The highest BCUT2D eigenvalue weighted by molar-refractivity contribution is 5.35. The minimum atomic E-state index is -0.384. The largest absolute Gasteiger partial charge is 0.383 e. The number of rotatable bonds is 6. The molecule has 0 radical (unpaired) electrons. The van der Waals surface area contributed by atoms with Gasteiger partial charge in [-0.15, -0.1) is 0 Å². The van der Waals surface area contributed by atoms with E-state index in [1.54, 1.807) is 19.2 Å². The molecular weight excluding hydrogens is 208 g/mol. The third kappa shape index (κ3) is 3.60. The fourth-order valence-electron chi connectivity index (χ4n) is 1.40. The third-order valence-electron chi connectivity index (χ3n) is 2.34. The molecule has 0 saturated heterocycles. The number of nitrogens with zero attached hydrogens (tertiary/aromatic N) is 1. The van der Waals surface area contributed by atoms with Crippen molar-refractivity contribution in [1.29, 1.82) is 0 Å². The Morgan fingerprint density at radius 3 is 2.94 bits per heavy atom. The standard InChI is InChI=1S/C11H16N2O3/c1-9(12-6-7-16-2)10-4-3-5-11(8-10)13(14)15/h3-5,8-9,12H,6-7H2,1-2H3. The topological polar surface area (TPSA) is 64.4 Å². The monoisotopic (exact) mass is 224 g/mol. The van der Waals surface area contributed by atoms with Crippen molar-refractivity contribution in [3.8, 4) is 0 Å². The first-order valence-corrected chi connectivity index (χ1v) is 5.12. The lowest BCUT2D eigenvalue weighted by atomic mass is 10.1. The SMILES string of the molecule is COCCNC(C)c1cccc([N+](=O)[O-])c1. The van der Waals surface area contributed by atoms with Gasteiger partial charge in [0.1, 0.15) is 0 Å². The number of nitro benzene ring substituents is 1. The first-order valence-electron chi connectivity index (χ1n) is 5.12. The first-order chi connectivity index (χ1) is 7.65. The molecule has 0 aliphatic heterocycles. The van der Waals surface area contributed by atoms with Crippen LogP contribution in [-0.2, 0) is 4.74 Å². The molecule has 0 saturated carbocycles. The smallest absolute Gasteiger partial charge is 0.269 e. The summed E-state index contributed by atoms with van der Waals surface area (Å²) in [6, 6.07) is 6.73. The highest BCUT2D eigenvalue weighted by atomic mass is 16.6. The lowest BCUT2D eigenvalue weighted by Gasteiger charge is -2.13. The molecule has 1 aromatic rings. The van der Waals surface area contributed by atoms with E-state index in [9.17, 15) is 10.1 Å². The Kier molecular flexibility index (Phi) is 4.88. The number of hydrogen-bond acceptors (Lipinski definition) is 4. The Hall–Kier alpha value is -1.46. The number of methoxy groups -OCH3 is 1. The van der Waals surface area contributed by atoms with E-state index in [1.807, 2.05) is 13.0 Å². The van der Waals surface area contributed by atoms with Crippen molar-refractivity contribution < 1.29 is 9.66 Å². The molecule has 0 aliphatic carbocycles. The average molecular weight is 224 g/mol. The minimum absolute atomic E-state index is 0.0787. The highest BCUT2D eigenvalue weighted by Crippen LogP contribution is 2.18. The average Bonchev–Trinajstić information content (AvgIpc) is 2.29. The summed E-state index contributed by atoms with van der Waals surface area (Å²) in [6.07, 6.45) is 0. The molecule has 0 aliphatic rings. The normalized spacial score (nSPS) is 12.4. The third-order valence-corrected chi connectivity index (χ3v) is 2.34.